The Morgan fingerprint density at radius 2 is 1.78 bits per heavy atom. The lowest BCUT2D eigenvalue weighted by atomic mass is 9.82. The number of nitrogens with zero attached hydrogens (tertiary/aromatic N) is 5. The lowest BCUT2D eigenvalue weighted by Crippen LogP contribution is -2.66. The summed E-state index contributed by atoms with van der Waals surface area (Å²) in [6, 6.07) is 2.94. The Bertz CT molecular complexity index is 2580. The minimum absolute atomic E-state index is 0.0171. The number of rotatable bonds is 10. The van der Waals surface area contributed by atoms with Gasteiger partial charge in [0.2, 0.25) is 21.8 Å². The van der Waals surface area contributed by atoms with Crippen LogP contribution >= 0.6 is 0 Å². The molecule has 1 saturated heterocycles. The van der Waals surface area contributed by atoms with Gasteiger partial charge in [-0.3, -0.25) is 24.0 Å². The first kappa shape index (κ1) is 49.3. The number of fused-ring (bicyclic) bond motifs is 3. The van der Waals surface area contributed by atoms with Gasteiger partial charge in [-0.05, 0) is 89.3 Å². The van der Waals surface area contributed by atoms with Crippen molar-refractivity contribution in [2.75, 3.05) is 13.7 Å². The Morgan fingerprint density at radius 1 is 1.07 bits per heavy atom. The summed E-state index contributed by atoms with van der Waals surface area (Å²) in [5.41, 5.74) is -6.01. The molecule has 67 heavy (non-hydrogen) atoms. The summed E-state index contributed by atoms with van der Waals surface area (Å²) in [4.78, 5) is 62.9. The first-order chi connectivity index (χ1) is 31.2. The normalized spacial score (nSPS) is 27.4. The van der Waals surface area contributed by atoms with E-state index in [4.69, 9.17) is 9.47 Å². The van der Waals surface area contributed by atoms with Gasteiger partial charge in [-0.25, -0.2) is 22.9 Å². The Balaban J connectivity index is 1.34. The SMILES string of the molecule is CC[C@@H]1C[C@H](C)CC/C=C\[C@@H]2C[C@@]2(C(=O)NS(=O)(=O)C2(C)CC2)NC(=O)[C@@H]2C[C@@H](Oc3cc(-n4ccc(C(F)(F)F)n4)nc4cc(OC)ccc34)CN2C(=O)[C@H]1N(C(=O)O)C(C)(C)C(F)(F)F. The Morgan fingerprint density at radius 3 is 2.37 bits per heavy atom. The topological polar surface area (TPSA) is 202 Å². The number of halogens is 6. The average Bonchev–Trinajstić information content (AvgIpc) is 4.01. The molecule has 1 aromatic carbocycles. The van der Waals surface area contributed by atoms with E-state index in [1.165, 1.54) is 26.2 Å². The molecule has 0 spiro atoms. The van der Waals surface area contributed by atoms with Crippen molar-refractivity contribution in [3.05, 3.63) is 54.4 Å². The van der Waals surface area contributed by atoms with Gasteiger partial charge in [0.1, 0.15) is 40.8 Å². The molecule has 7 atom stereocenters. The molecule has 3 fully saturated rings. The molecule has 0 radical (unpaired) electrons. The number of aromatic nitrogens is 3. The van der Waals surface area contributed by atoms with E-state index in [1.54, 1.807) is 31.2 Å². The van der Waals surface area contributed by atoms with Gasteiger partial charge in [-0.1, -0.05) is 32.4 Å². The first-order valence-corrected chi connectivity index (χ1v) is 23.4. The number of sulfonamides is 1. The standard InChI is InChI=1S/C44H53F6N7O9S/c1-7-25-18-24(2)10-8-9-11-26-22-42(26,38(60)54-67(63,64)41(5)15-16-41)52-36(58)31-20-28(23-55(31)37(59)35(25)57(39(61)62)40(3,4)44(48,49)50)66-32-21-34(56-17-14-33(53-56)43(45,46)47)51-30-19-27(65-6)12-13-29(30)32/h9,11-14,17,19,21,24-26,28,31,35H,7-8,10,15-16,18,20,22-23H2,1-6H3,(H,52,58)(H,54,60)(H,61,62)/b11-9-/t24-,25-,26-,28-,31+,35+,42-/m1/s1. The van der Waals surface area contributed by atoms with Crippen molar-refractivity contribution in [2.45, 2.75) is 132 Å². The summed E-state index contributed by atoms with van der Waals surface area (Å²) in [5, 5.41) is 17.2. The molecule has 7 rings (SSSR count). The summed E-state index contributed by atoms with van der Waals surface area (Å²) >= 11 is 0. The number of carbonyl (C=O) groups is 4. The van der Waals surface area contributed by atoms with E-state index in [9.17, 15) is 54.3 Å². The van der Waals surface area contributed by atoms with Crippen molar-refractivity contribution in [3.8, 4) is 17.3 Å². The van der Waals surface area contributed by atoms with Crippen LogP contribution in [0.4, 0.5) is 31.1 Å². The quantitative estimate of drug-likeness (QED) is 0.143. The van der Waals surface area contributed by atoms with Crippen LogP contribution in [0.15, 0.2) is 48.7 Å². The molecule has 2 aliphatic carbocycles. The van der Waals surface area contributed by atoms with Crippen LogP contribution in [0.25, 0.3) is 16.7 Å². The number of methoxy groups -OCH3 is 1. The van der Waals surface area contributed by atoms with Crippen molar-refractivity contribution in [1.29, 1.82) is 0 Å². The van der Waals surface area contributed by atoms with Crippen LogP contribution in [0.3, 0.4) is 0 Å². The van der Waals surface area contributed by atoms with Gasteiger partial charge in [-0.15, -0.1) is 0 Å². The van der Waals surface area contributed by atoms with E-state index in [1.807, 2.05) is 6.92 Å². The van der Waals surface area contributed by atoms with Gasteiger partial charge in [-0.2, -0.15) is 31.4 Å². The molecule has 2 aliphatic heterocycles. The zero-order valence-corrected chi connectivity index (χ0v) is 38.4. The summed E-state index contributed by atoms with van der Waals surface area (Å²) in [6.45, 7) is 5.69. The second kappa shape index (κ2) is 17.5. The first-order valence-electron chi connectivity index (χ1n) is 21.9. The predicted octanol–water partition coefficient (Wildman–Crippen LogP) is 6.76. The van der Waals surface area contributed by atoms with E-state index in [0.717, 1.165) is 21.8 Å². The molecule has 16 nitrogen and oxygen atoms in total. The summed E-state index contributed by atoms with van der Waals surface area (Å²) < 4.78 is 126. The molecule has 3 N–H and O–H groups in total. The maximum Gasteiger partial charge on any atom is 0.435 e. The maximum absolute atomic E-state index is 15.3. The molecule has 4 aliphatic rings. The van der Waals surface area contributed by atoms with Gasteiger partial charge in [0.05, 0.1) is 23.9 Å². The van der Waals surface area contributed by atoms with Crippen LogP contribution < -0.4 is 19.5 Å². The van der Waals surface area contributed by atoms with Gasteiger partial charge in [0, 0.05) is 36.1 Å². The van der Waals surface area contributed by atoms with E-state index < -0.39 is 111 Å². The minimum atomic E-state index is -5.18. The fraction of sp³-hybridized carbons (Fsp3) is 0.591. The third-order valence-corrected chi connectivity index (χ3v) is 15.9. The highest BCUT2D eigenvalue weighted by Gasteiger charge is 2.64. The second-order valence-electron chi connectivity index (χ2n) is 18.8. The van der Waals surface area contributed by atoms with E-state index in [2.05, 4.69) is 20.1 Å². The summed E-state index contributed by atoms with van der Waals surface area (Å²) in [6.07, 6.45) is -7.55. The largest absolute Gasteiger partial charge is 0.497 e. The number of ether oxygens (including phenoxy) is 2. The Kier molecular flexibility index (Phi) is 12.9. The van der Waals surface area contributed by atoms with E-state index in [0.29, 0.717) is 50.7 Å². The van der Waals surface area contributed by atoms with E-state index in [-0.39, 0.29) is 47.2 Å². The summed E-state index contributed by atoms with van der Waals surface area (Å²) in [5.74, 6) is -4.96. The van der Waals surface area contributed by atoms with Gasteiger partial charge in [0.25, 0.3) is 5.91 Å². The highest BCUT2D eigenvalue weighted by molar-refractivity contribution is 7.91. The number of pyridine rings is 1. The molecule has 2 aromatic heterocycles. The molecule has 3 aromatic rings. The monoisotopic (exact) mass is 969 g/mol. The number of carboxylic acid groups (broad SMARTS) is 1. The van der Waals surface area contributed by atoms with Crippen molar-refractivity contribution >= 4 is 44.7 Å². The lowest BCUT2D eigenvalue weighted by molar-refractivity contribution is -0.222. The van der Waals surface area contributed by atoms with Crippen molar-refractivity contribution in [1.82, 2.24) is 34.6 Å². The molecule has 366 valence electrons. The smallest absolute Gasteiger partial charge is 0.435 e. The zero-order valence-electron chi connectivity index (χ0n) is 37.6. The molecule has 23 heteroatoms. The van der Waals surface area contributed by atoms with Gasteiger partial charge >= 0.3 is 18.4 Å². The van der Waals surface area contributed by atoms with Crippen molar-refractivity contribution in [2.24, 2.45) is 17.8 Å². The van der Waals surface area contributed by atoms with Crippen LogP contribution in [-0.2, 0) is 30.6 Å². The summed E-state index contributed by atoms with van der Waals surface area (Å²) in [7, 11) is -2.83. The molecule has 0 unspecified atom stereocenters. The second-order valence-corrected chi connectivity index (χ2v) is 21.0. The number of amides is 4. The molecular formula is C44H53F6N7O9S. The maximum atomic E-state index is 15.3. The number of nitrogens with one attached hydrogen (secondary N) is 2. The molecule has 2 saturated carbocycles. The predicted molar refractivity (Wildman–Crippen MR) is 228 cm³/mol. The number of allylic oxidation sites excluding steroid dienone is 1. The molecule has 0 bridgehead atoms. The highest BCUT2D eigenvalue weighted by atomic mass is 32.2. The van der Waals surface area contributed by atoms with Crippen molar-refractivity contribution in [3.63, 3.8) is 0 Å². The Hall–Kier alpha value is -5.61. The fourth-order valence-electron chi connectivity index (χ4n) is 9.06. The van der Waals surface area contributed by atoms with Crippen LogP contribution in [0.1, 0.15) is 91.7 Å². The number of carbonyl (C=O) groups excluding carboxylic acids is 3. The van der Waals surface area contributed by atoms with Gasteiger partial charge < -0.3 is 24.8 Å². The van der Waals surface area contributed by atoms with Gasteiger partial charge in [0.15, 0.2) is 11.5 Å². The van der Waals surface area contributed by atoms with E-state index >= 15 is 4.79 Å². The number of hydrogen-bond donors (Lipinski definition) is 3. The van der Waals surface area contributed by atoms with Crippen molar-refractivity contribution < 1.29 is 68.5 Å². The molecule has 4 amide bonds. The van der Waals surface area contributed by atoms with Crippen LogP contribution in [0.5, 0.6) is 11.5 Å². The highest BCUT2D eigenvalue weighted by Crippen LogP contribution is 2.48. The Labute approximate surface area is 382 Å². The van der Waals surface area contributed by atoms with Crippen LogP contribution in [-0.4, -0.2) is 116 Å². The third kappa shape index (κ3) is 9.48. The number of alkyl halides is 6. The van der Waals surface area contributed by atoms with Crippen LogP contribution in [0.2, 0.25) is 0 Å². The molecular weight excluding hydrogens is 917 g/mol. The third-order valence-electron chi connectivity index (χ3n) is 13.7. The number of benzene rings is 1. The lowest BCUT2D eigenvalue weighted by Gasteiger charge is -2.46. The fourth-order valence-corrected chi connectivity index (χ4v) is 10.4. The minimum Gasteiger partial charge on any atom is -0.497 e. The molecule has 4 heterocycles. The number of hydrogen-bond acceptors (Lipinski definition) is 10. The van der Waals surface area contributed by atoms with Crippen LogP contribution in [0, 0.1) is 17.8 Å². The zero-order chi connectivity index (χ0) is 49.2. The average molecular weight is 970 g/mol.